The van der Waals surface area contributed by atoms with Crippen molar-refractivity contribution in [3.63, 3.8) is 0 Å². The van der Waals surface area contributed by atoms with Crippen molar-refractivity contribution in [3.8, 4) is 16.9 Å². The van der Waals surface area contributed by atoms with E-state index in [1.54, 1.807) is 4.90 Å². The minimum atomic E-state index is -4.68. The van der Waals surface area contributed by atoms with E-state index in [-0.39, 0.29) is 49.9 Å². The number of Topliss-reactive ketones (excluding diaryl/α,β-unsaturated/α-hetero) is 1. The third-order valence-electron chi connectivity index (χ3n) is 8.06. The van der Waals surface area contributed by atoms with Crippen molar-refractivity contribution in [2.45, 2.75) is 43.4 Å². The fraction of sp³-hybridized carbons (Fsp3) is 0.355. The first kappa shape index (κ1) is 27.3. The van der Waals surface area contributed by atoms with Crippen molar-refractivity contribution in [2.24, 2.45) is 5.92 Å². The third kappa shape index (κ3) is 5.16. The van der Waals surface area contributed by atoms with Gasteiger partial charge in [-0.3, -0.25) is 9.69 Å². The van der Waals surface area contributed by atoms with Crippen LogP contribution >= 0.6 is 0 Å². The van der Waals surface area contributed by atoms with E-state index in [0.717, 1.165) is 34.4 Å². The van der Waals surface area contributed by atoms with Crippen LogP contribution in [0.5, 0.6) is 5.75 Å². The molecule has 0 aromatic heterocycles. The van der Waals surface area contributed by atoms with Crippen LogP contribution in [0.1, 0.15) is 40.2 Å². The van der Waals surface area contributed by atoms with Gasteiger partial charge < -0.3 is 14.2 Å². The lowest BCUT2D eigenvalue weighted by Gasteiger charge is -2.47. The molecule has 3 aliphatic rings. The summed E-state index contributed by atoms with van der Waals surface area (Å²) in [5.41, 5.74) is 4.53. The molecule has 2 atom stereocenters. The molecule has 1 aliphatic carbocycles. The van der Waals surface area contributed by atoms with E-state index in [2.05, 4.69) is 16.9 Å². The number of hydrogen-bond acceptors (Lipinski definition) is 5. The van der Waals surface area contributed by atoms with E-state index in [0.29, 0.717) is 0 Å². The van der Waals surface area contributed by atoms with Crippen LogP contribution in [0.4, 0.5) is 22.4 Å². The van der Waals surface area contributed by atoms with E-state index < -0.39 is 42.4 Å². The van der Waals surface area contributed by atoms with E-state index in [4.69, 9.17) is 9.47 Å². The van der Waals surface area contributed by atoms with Crippen LogP contribution in [0.2, 0.25) is 0 Å². The number of fused-ring (bicyclic) bond motifs is 5. The van der Waals surface area contributed by atoms with Crippen molar-refractivity contribution < 1.29 is 41.4 Å². The molecule has 0 spiro atoms. The van der Waals surface area contributed by atoms with Crippen LogP contribution in [-0.4, -0.2) is 61.2 Å². The molecule has 3 aromatic carbocycles. The SMILES string of the molecule is O=C(c1cccc(OC(F)(F)C(F)F)c1)C1CC2COCC(C1)N2C(=O)OCC1c2ccccc2-c2ccccc21. The molecule has 3 aromatic rings. The topological polar surface area (TPSA) is 65.1 Å². The largest absolute Gasteiger partial charge is 0.461 e. The van der Waals surface area contributed by atoms with Gasteiger partial charge in [0.2, 0.25) is 0 Å². The smallest absolute Gasteiger partial charge is 0.448 e. The van der Waals surface area contributed by atoms with Crippen LogP contribution < -0.4 is 4.74 Å². The lowest BCUT2D eigenvalue weighted by atomic mass is 9.81. The van der Waals surface area contributed by atoms with Gasteiger partial charge in [-0.1, -0.05) is 60.7 Å². The minimum absolute atomic E-state index is 0.0751. The first-order chi connectivity index (χ1) is 19.7. The van der Waals surface area contributed by atoms with Crippen molar-refractivity contribution in [1.82, 2.24) is 4.90 Å². The van der Waals surface area contributed by atoms with Crippen molar-refractivity contribution >= 4 is 11.9 Å². The normalized spacial score (nSPS) is 21.8. The minimum Gasteiger partial charge on any atom is -0.448 e. The van der Waals surface area contributed by atoms with Gasteiger partial charge in [-0.15, -0.1) is 0 Å². The standard InChI is InChI=1S/C31H27F4NO5/c32-29(33)31(34,35)41-22-7-5-6-18(14-22)28(37)19-12-20-15-39-16-21(13-19)36(20)30(38)40-17-27-25-10-3-1-8-23(25)24-9-2-4-11-26(24)27/h1-11,14,19-21,27,29H,12-13,15-17H2. The maximum Gasteiger partial charge on any atom is 0.461 e. The lowest BCUT2D eigenvalue weighted by Crippen LogP contribution is -2.60. The third-order valence-corrected chi connectivity index (χ3v) is 8.06. The quantitative estimate of drug-likeness (QED) is 0.239. The molecule has 41 heavy (non-hydrogen) atoms. The summed E-state index contributed by atoms with van der Waals surface area (Å²) in [6.07, 6.45) is -8.58. The molecule has 2 fully saturated rings. The Balaban J connectivity index is 1.13. The number of nitrogens with zero attached hydrogens (tertiary/aromatic N) is 1. The van der Waals surface area contributed by atoms with Crippen LogP contribution in [-0.2, 0) is 9.47 Å². The van der Waals surface area contributed by atoms with Gasteiger partial charge in [-0.05, 0) is 47.2 Å². The maximum absolute atomic E-state index is 13.4. The fourth-order valence-electron chi connectivity index (χ4n) is 6.25. The molecule has 2 saturated heterocycles. The van der Waals surface area contributed by atoms with Gasteiger partial charge in [0.15, 0.2) is 5.78 Å². The molecular formula is C31H27F4NO5. The molecule has 214 valence electrons. The number of benzene rings is 3. The van der Waals surface area contributed by atoms with Gasteiger partial charge >= 0.3 is 18.6 Å². The van der Waals surface area contributed by atoms with Gasteiger partial charge in [0, 0.05) is 17.4 Å². The highest BCUT2D eigenvalue weighted by atomic mass is 19.3. The Kier molecular flexibility index (Phi) is 7.19. The number of hydrogen-bond donors (Lipinski definition) is 0. The molecule has 6 rings (SSSR count). The van der Waals surface area contributed by atoms with Crippen LogP contribution in [0, 0.1) is 5.92 Å². The molecular weight excluding hydrogens is 542 g/mol. The van der Waals surface area contributed by atoms with Crippen molar-refractivity contribution in [1.29, 1.82) is 0 Å². The zero-order valence-corrected chi connectivity index (χ0v) is 21.9. The first-order valence-electron chi connectivity index (χ1n) is 13.4. The summed E-state index contributed by atoms with van der Waals surface area (Å²) in [6, 6.07) is 20.2. The van der Waals surface area contributed by atoms with Gasteiger partial charge in [-0.25, -0.2) is 4.79 Å². The summed E-state index contributed by atoms with van der Waals surface area (Å²) in [5, 5.41) is 0. The Bertz CT molecular complexity index is 1400. The molecule has 2 aliphatic heterocycles. The van der Waals surface area contributed by atoms with E-state index in [1.807, 2.05) is 36.4 Å². The number of morpholine rings is 1. The molecule has 0 radical (unpaired) electrons. The van der Waals surface area contributed by atoms with E-state index in [9.17, 15) is 27.2 Å². The van der Waals surface area contributed by atoms with E-state index in [1.165, 1.54) is 12.1 Å². The number of ether oxygens (including phenoxy) is 3. The average Bonchev–Trinajstić information content (AvgIpc) is 3.28. The predicted molar refractivity (Wildman–Crippen MR) is 140 cm³/mol. The van der Waals surface area contributed by atoms with Gasteiger partial charge in [0.05, 0.1) is 25.3 Å². The van der Waals surface area contributed by atoms with Crippen LogP contribution in [0.3, 0.4) is 0 Å². The monoisotopic (exact) mass is 569 g/mol. The molecule has 10 heteroatoms. The van der Waals surface area contributed by atoms with Crippen molar-refractivity contribution in [2.75, 3.05) is 19.8 Å². The average molecular weight is 570 g/mol. The second-order valence-corrected chi connectivity index (χ2v) is 10.6. The van der Waals surface area contributed by atoms with Gasteiger partial charge in [0.1, 0.15) is 12.4 Å². The summed E-state index contributed by atoms with van der Waals surface area (Å²) in [4.78, 5) is 28.4. The highest BCUT2D eigenvalue weighted by Crippen LogP contribution is 2.45. The Labute approximate surface area is 233 Å². The second-order valence-electron chi connectivity index (χ2n) is 10.6. The fourth-order valence-corrected chi connectivity index (χ4v) is 6.25. The summed E-state index contributed by atoms with van der Waals surface area (Å²) < 4.78 is 67.6. The molecule has 0 N–H and O–H groups in total. The summed E-state index contributed by atoms with van der Waals surface area (Å²) in [6.45, 7) is 0.629. The highest BCUT2D eigenvalue weighted by Gasteiger charge is 2.46. The number of rotatable bonds is 7. The molecule has 0 saturated carbocycles. The lowest BCUT2D eigenvalue weighted by molar-refractivity contribution is -0.253. The number of carbonyl (C=O) groups is 2. The number of piperidine rings is 1. The Hall–Kier alpha value is -3.92. The van der Waals surface area contributed by atoms with Gasteiger partial charge in [-0.2, -0.15) is 17.6 Å². The predicted octanol–water partition coefficient (Wildman–Crippen LogP) is 6.53. The summed E-state index contributed by atoms with van der Waals surface area (Å²) in [5.74, 6) is -1.47. The van der Waals surface area contributed by atoms with E-state index >= 15 is 0 Å². The van der Waals surface area contributed by atoms with Gasteiger partial charge in [0.25, 0.3) is 0 Å². The summed E-state index contributed by atoms with van der Waals surface area (Å²) >= 11 is 0. The molecule has 2 unspecified atom stereocenters. The summed E-state index contributed by atoms with van der Waals surface area (Å²) in [7, 11) is 0. The van der Waals surface area contributed by atoms with Crippen molar-refractivity contribution in [3.05, 3.63) is 89.5 Å². The first-order valence-corrected chi connectivity index (χ1v) is 13.4. The Morgan fingerprint density at radius 3 is 2.12 bits per heavy atom. The number of alkyl halides is 4. The Morgan fingerprint density at radius 2 is 1.51 bits per heavy atom. The number of halogens is 4. The highest BCUT2D eigenvalue weighted by molar-refractivity contribution is 5.98. The number of amides is 1. The molecule has 6 nitrogen and oxygen atoms in total. The molecule has 1 amide bonds. The zero-order chi connectivity index (χ0) is 28.7. The Morgan fingerprint density at radius 1 is 0.902 bits per heavy atom. The second kappa shape index (κ2) is 10.8. The van der Waals surface area contributed by atoms with Crippen LogP contribution in [0.25, 0.3) is 11.1 Å². The van der Waals surface area contributed by atoms with Crippen LogP contribution in [0.15, 0.2) is 72.8 Å². The molecule has 2 heterocycles. The maximum atomic E-state index is 13.4. The zero-order valence-electron chi connectivity index (χ0n) is 21.9. The number of ketones is 1. The molecule has 2 bridgehead atoms. The number of carbonyl (C=O) groups excluding carboxylic acids is 2.